The van der Waals surface area contributed by atoms with Crippen LogP contribution < -0.4 is 0 Å². The van der Waals surface area contributed by atoms with Crippen LogP contribution in [0.1, 0.15) is 5.69 Å². The smallest absolute Gasteiger partial charge is 0.101 e. The summed E-state index contributed by atoms with van der Waals surface area (Å²) in [4.78, 5) is 0. The molecule has 0 aromatic carbocycles. The van der Waals surface area contributed by atoms with Crippen LogP contribution >= 0.6 is 11.5 Å². The molecule has 0 fully saturated rings. The van der Waals surface area contributed by atoms with E-state index in [0.29, 0.717) is 6.61 Å². The van der Waals surface area contributed by atoms with Crippen molar-refractivity contribution in [3.05, 3.63) is 11.1 Å². The summed E-state index contributed by atoms with van der Waals surface area (Å²) in [7, 11) is 1.64. The highest BCUT2D eigenvalue weighted by Gasteiger charge is 1.90. The molecule has 0 aliphatic rings. The number of hydrogen-bond acceptors (Lipinski definition) is 4. The molecule has 8 heavy (non-hydrogen) atoms. The molecular weight excluding hydrogens is 124 g/mol. The van der Waals surface area contributed by atoms with Crippen LogP contribution in [0.4, 0.5) is 0 Å². The summed E-state index contributed by atoms with van der Waals surface area (Å²) in [6.07, 6.45) is 0. The number of nitrogens with zero attached hydrogens (tertiary/aromatic N) is 2. The number of rotatable bonds is 2. The van der Waals surface area contributed by atoms with Crippen molar-refractivity contribution in [3.8, 4) is 0 Å². The highest BCUT2D eigenvalue weighted by molar-refractivity contribution is 7.03. The standard InChI is InChI=1S/C4H6N2OS/c1-7-2-4-3-8-6-5-4/h3H,2H2,1H3. The lowest BCUT2D eigenvalue weighted by Crippen LogP contribution is -1.85. The lowest BCUT2D eigenvalue weighted by Gasteiger charge is -1.86. The number of hydrogen-bond donors (Lipinski definition) is 0. The second-order valence-corrected chi connectivity index (χ2v) is 1.94. The van der Waals surface area contributed by atoms with Crippen LogP contribution in [-0.2, 0) is 11.3 Å². The minimum absolute atomic E-state index is 0.566. The van der Waals surface area contributed by atoms with Gasteiger partial charge in [0.25, 0.3) is 0 Å². The summed E-state index contributed by atoms with van der Waals surface area (Å²) in [5.74, 6) is 0. The van der Waals surface area contributed by atoms with E-state index in [1.54, 1.807) is 7.11 Å². The molecule has 1 aromatic rings. The molecule has 4 heteroatoms. The zero-order chi connectivity index (χ0) is 5.82. The molecule has 0 N–H and O–H groups in total. The first-order valence-electron chi connectivity index (χ1n) is 2.18. The molecule has 3 nitrogen and oxygen atoms in total. The van der Waals surface area contributed by atoms with E-state index in [1.165, 1.54) is 11.5 Å². The van der Waals surface area contributed by atoms with Crippen molar-refractivity contribution in [1.82, 2.24) is 9.59 Å². The van der Waals surface area contributed by atoms with Crippen molar-refractivity contribution >= 4 is 11.5 Å². The van der Waals surface area contributed by atoms with Crippen molar-refractivity contribution in [1.29, 1.82) is 0 Å². The van der Waals surface area contributed by atoms with Crippen LogP contribution in [0.3, 0.4) is 0 Å². The maximum absolute atomic E-state index is 4.79. The summed E-state index contributed by atoms with van der Waals surface area (Å²) in [6.45, 7) is 0.566. The Morgan fingerprint density at radius 3 is 3.25 bits per heavy atom. The highest BCUT2D eigenvalue weighted by Crippen LogP contribution is 1.96. The molecule has 1 aromatic heterocycles. The Morgan fingerprint density at radius 2 is 2.75 bits per heavy atom. The van der Waals surface area contributed by atoms with Crippen molar-refractivity contribution in [2.45, 2.75) is 6.61 Å². The van der Waals surface area contributed by atoms with E-state index in [-0.39, 0.29) is 0 Å². The molecule has 0 unspecified atom stereocenters. The van der Waals surface area contributed by atoms with Crippen LogP contribution in [0, 0.1) is 0 Å². The molecule has 0 saturated carbocycles. The average molecular weight is 130 g/mol. The topological polar surface area (TPSA) is 35.0 Å². The Kier molecular flexibility index (Phi) is 1.93. The largest absolute Gasteiger partial charge is 0.378 e. The van der Waals surface area contributed by atoms with Gasteiger partial charge in [-0.1, -0.05) is 4.49 Å². The zero-order valence-electron chi connectivity index (χ0n) is 4.50. The molecule has 1 rings (SSSR count). The lowest BCUT2D eigenvalue weighted by atomic mass is 10.5. The predicted octanol–water partition coefficient (Wildman–Crippen LogP) is 0.684. The Morgan fingerprint density at radius 1 is 1.88 bits per heavy atom. The van der Waals surface area contributed by atoms with Crippen molar-refractivity contribution < 1.29 is 4.74 Å². The fraction of sp³-hybridized carbons (Fsp3) is 0.500. The first-order chi connectivity index (χ1) is 3.93. The van der Waals surface area contributed by atoms with E-state index in [9.17, 15) is 0 Å². The van der Waals surface area contributed by atoms with Gasteiger partial charge >= 0.3 is 0 Å². The summed E-state index contributed by atoms with van der Waals surface area (Å²) < 4.78 is 8.44. The second-order valence-electron chi connectivity index (χ2n) is 1.33. The fourth-order valence-corrected chi connectivity index (χ4v) is 0.831. The van der Waals surface area contributed by atoms with Crippen molar-refractivity contribution in [3.63, 3.8) is 0 Å². The van der Waals surface area contributed by atoms with E-state index >= 15 is 0 Å². The van der Waals surface area contributed by atoms with Gasteiger partial charge in [-0.05, 0) is 11.5 Å². The molecule has 1 heterocycles. The molecule has 0 aliphatic heterocycles. The molecule has 0 atom stereocenters. The summed E-state index contributed by atoms with van der Waals surface area (Å²) in [6, 6.07) is 0. The number of aromatic nitrogens is 2. The maximum atomic E-state index is 4.79. The van der Waals surface area contributed by atoms with Gasteiger partial charge in [-0.25, -0.2) is 0 Å². The van der Waals surface area contributed by atoms with Gasteiger partial charge in [-0.3, -0.25) is 0 Å². The lowest BCUT2D eigenvalue weighted by molar-refractivity contribution is 0.181. The van der Waals surface area contributed by atoms with Crippen LogP contribution in [0.15, 0.2) is 5.38 Å². The molecule has 0 saturated heterocycles. The van der Waals surface area contributed by atoms with Gasteiger partial charge in [0.2, 0.25) is 0 Å². The fourth-order valence-electron chi connectivity index (χ4n) is 0.395. The number of methoxy groups -OCH3 is 1. The van der Waals surface area contributed by atoms with Gasteiger partial charge in [-0.2, -0.15) is 0 Å². The second kappa shape index (κ2) is 2.74. The highest BCUT2D eigenvalue weighted by atomic mass is 32.1. The van der Waals surface area contributed by atoms with Crippen LogP contribution in [0.2, 0.25) is 0 Å². The van der Waals surface area contributed by atoms with E-state index in [0.717, 1.165) is 5.69 Å². The van der Waals surface area contributed by atoms with E-state index < -0.39 is 0 Å². The molecule has 0 bridgehead atoms. The summed E-state index contributed by atoms with van der Waals surface area (Å²) >= 11 is 1.34. The third-order valence-corrected chi connectivity index (χ3v) is 1.25. The zero-order valence-corrected chi connectivity index (χ0v) is 5.31. The Balaban J connectivity index is 2.50. The quantitative estimate of drug-likeness (QED) is 0.590. The Bertz CT molecular complexity index is 140. The minimum atomic E-state index is 0.566. The summed E-state index contributed by atoms with van der Waals surface area (Å²) in [5, 5.41) is 5.61. The van der Waals surface area contributed by atoms with Gasteiger partial charge in [0.05, 0.1) is 6.61 Å². The minimum Gasteiger partial charge on any atom is -0.378 e. The molecule has 0 spiro atoms. The third-order valence-electron chi connectivity index (χ3n) is 0.697. The predicted molar refractivity (Wildman–Crippen MR) is 30.6 cm³/mol. The average Bonchev–Trinajstić information content (AvgIpc) is 2.19. The molecule has 44 valence electrons. The Hall–Kier alpha value is -0.480. The first-order valence-corrected chi connectivity index (χ1v) is 3.02. The Labute approximate surface area is 51.5 Å². The van der Waals surface area contributed by atoms with E-state index in [1.807, 2.05) is 5.38 Å². The van der Waals surface area contributed by atoms with Gasteiger partial charge in [0.1, 0.15) is 5.69 Å². The van der Waals surface area contributed by atoms with E-state index in [4.69, 9.17) is 4.74 Å². The van der Waals surface area contributed by atoms with Gasteiger partial charge in [0, 0.05) is 12.5 Å². The monoisotopic (exact) mass is 130 g/mol. The maximum Gasteiger partial charge on any atom is 0.101 e. The van der Waals surface area contributed by atoms with Crippen LogP contribution in [0.5, 0.6) is 0 Å². The van der Waals surface area contributed by atoms with Crippen LogP contribution in [-0.4, -0.2) is 16.7 Å². The van der Waals surface area contributed by atoms with Gasteiger partial charge in [0.15, 0.2) is 0 Å². The van der Waals surface area contributed by atoms with Crippen molar-refractivity contribution in [2.24, 2.45) is 0 Å². The van der Waals surface area contributed by atoms with Crippen LogP contribution in [0.25, 0.3) is 0 Å². The normalized spacial score (nSPS) is 9.62. The molecule has 0 amide bonds. The van der Waals surface area contributed by atoms with Gasteiger partial charge in [-0.15, -0.1) is 5.10 Å². The third kappa shape index (κ3) is 1.24. The molecule has 0 aliphatic carbocycles. The molecular formula is C4H6N2OS. The summed E-state index contributed by atoms with van der Waals surface area (Å²) in [5.41, 5.74) is 0.900. The molecule has 0 radical (unpaired) electrons. The van der Waals surface area contributed by atoms with Gasteiger partial charge < -0.3 is 4.74 Å². The van der Waals surface area contributed by atoms with Crippen molar-refractivity contribution in [2.75, 3.05) is 7.11 Å². The SMILES string of the molecule is COCc1csnn1. The first kappa shape index (κ1) is 5.65. The van der Waals surface area contributed by atoms with E-state index in [2.05, 4.69) is 9.59 Å². The number of ether oxygens (including phenoxy) is 1.